The lowest BCUT2D eigenvalue weighted by Gasteiger charge is -2.12. The summed E-state index contributed by atoms with van der Waals surface area (Å²) < 4.78 is 4.65. The predicted molar refractivity (Wildman–Crippen MR) is 68.9 cm³/mol. The third-order valence-electron chi connectivity index (χ3n) is 2.88. The summed E-state index contributed by atoms with van der Waals surface area (Å²) >= 11 is 0. The zero-order chi connectivity index (χ0) is 12.7. The SMILES string of the molecule is CCCCC[C@H](N)c1ccc(C(=O)OC)cc1. The minimum Gasteiger partial charge on any atom is -0.465 e. The van der Waals surface area contributed by atoms with Crippen LogP contribution in [-0.2, 0) is 4.74 Å². The van der Waals surface area contributed by atoms with E-state index in [1.807, 2.05) is 12.1 Å². The van der Waals surface area contributed by atoms with Crippen LogP contribution in [0.25, 0.3) is 0 Å². The van der Waals surface area contributed by atoms with Gasteiger partial charge in [0.15, 0.2) is 0 Å². The summed E-state index contributed by atoms with van der Waals surface area (Å²) in [5.74, 6) is -0.309. The normalized spacial score (nSPS) is 12.2. The van der Waals surface area contributed by atoms with Crippen molar-refractivity contribution < 1.29 is 9.53 Å². The summed E-state index contributed by atoms with van der Waals surface area (Å²) in [7, 11) is 1.38. The first-order valence-corrected chi connectivity index (χ1v) is 6.13. The van der Waals surface area contributed by atoms with Crippen LogP contribution in [0.4, 0.5) is 0 Å². The van der Waals surface area contributed by atoms with E-state index in [1.165, 1.54) is 20.0 Å². The molecule has 0 aliphatic heterocycles. The molecule has 1 atom stereocenters. The molecule has 0 spiro atoms. The van der Waals surface area contributed by atoms with Crippen LogP contribution < -0.4 is 5.73 Å². The van der Waals surface area contributed by atoms with Crippen LogP contribution in [0.1, 0.15) is 54.6 Å². The number of methoxy groups -OCH3 is 1. The van der Waals surface area contributed by atoms with Crippen LogP contribution in [0, 0.1) is 0 Å². The standard InChI is InChI=1S/C14H21NO2/c1-3-4-5-6-13(15)11-7-9-12(10-8-11)14(16)17-2/h7-10,13H,3-6,15H2,1-2H3/t13-/m0/s1. The van der Waals surface area contributed by atoms with Crippen molar-refractivity contribution in [2.75, 3.05) is 7.11 Å². The van der Waals surface area contributed by atoms with Crippen LogP contribution in [0.2, 0.25) is 0 Å². The molecule has 0 radical (unpaired) electrons. The number of benzene rings is 1. The van der Waals surface area contributed by atoms with Crippen molar-refractivity contribution in [2.45, 2.75) is 38.6 Å². The smallest absolute Gasteiger partial charge is 0.337 e. The van der Waals surface area contributed by atoms with Gasteiger partial charge in [-0.25, -0.2) is 4.79 Å². The van der Waals surface area contributed by atoms with E-state index in [1.54, 1.807) is 12.1 Å². The molecule has 1 rings (SSSR count). The van der Waals surface area contributed by atoms with Crippen LogP contribution in [-0.4, -0.2) is 13.1 Å². The quantitative estimate of drug-likeness (QED) is 0.609. The van der Waals surface area contributed by atoms with E-state index < -0.39 is 0 Å². The zero-order valence-electron chi connectivity index (χ0n) is 10.6. The van der Waals surface area contributed by atoms with Crippen molar-refractivity contribution in [3.05, 3.63) is 35.4 Å². The highest BCUT2D eigenvalue weighted by atomic mass is 16.5. The Bertz CT molecular complexity index is 346. The van der Waals surface area contributed by atoms with Gasteiger partial charge in [-0.2, -0.15) is 0 Å². The van der Waals surface area contributed by atoms with Crippen molar-refractivity contribution in [3.8, 4) is 0 Å². The van der Waals surface area contributed by atoms with E-state index in [9.17, 15) is 4.79 Å². The van der Waals surface area contributed by atoms with Gasteiger partial charge in [0.05, 0.1) is 12.7 Å². The molecule has 17 heavy (non-hydrogen) atoms. The van der Waals surface area contributed by atoms with Crippen LogP contribution in [0.5, 0.6) is 0 Å². The molecule has 0 saturated heterocycles. The molecule has 0 heterocycles. The summed E-state index contributed by atoms with van der Waals surface area (Å²) in [6, 6.07) is 7.40. The second-order valence-corrected chi connectivity index (χ2v) is 4.22. The lowest BCUT2D eigenvalue weighted by atomic mass is 10.0. The highest BCUT2D eigenvalue weighted by molar-refractivity contribution is 5.89. The number of hydrogen-bond acceptors (Lipinski definition) is 3. The fraction of sp³-hybridized carbons (Fsp3) is 0.500. The van der Waals surface area contributed by atoms with Gasteiger partial charge in [0.25, 0.3) is 0 Å². The molecule has 3 nitrogen and oxygen atoms in total. The van der Waals surface area contributed by atoms with Crippen molar-refractivity contribution >= 4 is 5.97 Å². The van der Waals surface area contributed by atoms with E-state index in [2.05, 4.69) is 11.7 Å². The number of carbonyl (C=O) groups is 1. The lowest BCUT2D eigenvalue weighted by Crippen LogP contribution is -2.10. The van der Waals surface area contributed by atoms with Gasteiger partial charge in [0.1, 0.15) is 0 Å². The number of rotatable bonds is 6. The number of ether oxygens (including phenoxy) is 1. The third-order valence-corrected chi connectivity index (χ3v) is 2.88. The second-order valence-electron chi connectivity index (χ2n) is 4.22. The van der Waals surface area contributed by atoms with Crippen molar-refractivity contribution in [3.63, 3.8) is 0 Å². The highest BCUT2D eigenvalue weighted by Gasteiger charge is 2.08. The Kier molecular flexibility index (Phi) is 5.70. The van der Waals surface area contributed by atoms with Crippen molar-refractivity contribution in [1.82, 2.24) is 0 Å². The molecule has 0 unspecified atom stereocenters. The fourth-order valence-electron chi connectivity index (χ4n) is 1.77. The second kappa shape index (κ2) is 7.07. The third kappa shape index (κ3) is 4.19. The maximum Gasteiger partial charge on any atom is 0.337 e. The van der Waals surface area contributed by atoms with Gasteiger partial charge < -0.3 is 10.5 Å². The Morgan fingerprint density at radius 1 is 1.29 bits per heavy atom. The van der Waals surface area contributed by atoms with Gasteiger partial charge in [-0.3, -0.25) is 0 Å². The summed E-state index contributed by atoms with van der Waals surface area (Å²) in [5.41, 5.74) is 7.72. The summed E-state index contributed by atoms with van der Waals surface area (Å²) in [6.07, 6.45) is 4.56. The number of hydrogen-bond donors (Lipinski definition) is 1. The van der Waals surface area contributed by atoms with E-state index >= 15 is 0 Å². The molecule has 0 fully saturated rings. The summed E-state index contributed by atoms with van der Waals surface area (Å²) in [5, 5.41) is 0. The van der Waals surface area contributed by atoms with Gasteiger partial charge in [-0.1, -0.05) is 38.3 Å². The number of esters is 1. The average Bonchev–Trinajstić information content (AvgIpc) is 2.38. The van der Waals surface area contributed by atoms with Crippen LogP contribution >= 0.6 is 0 Å². The average molecular weight is 235 g/mol. The molecular weight excluding hydrogens is 214 g/mol. The molecule has 2 N–H and O–H groups in total. The van der Waals surface area contributed by atoms with Gasteiger partial charge in [0.2, 0.25) is 0 Å². The van der Waals surface area contributed by atoms with Crippen LogP contribution in [0.15, 0.2) is 24.3 Å². The largest absolute Gasteiger partial charge is 0.465 e. The summed E-state index contributed by atoms with van der Waals surface area (Å²) in [4.78, 5) is 11.3. The molecule has 0 saturated carbocycles. The monoisotopic (exact) mass is 235 g/mol. The summed E-state index contributed by atoms with van der Waals surface area (Å²) in [6.45, 7) is 2.18. The van der Waals surface area contributed by atoms with Crippen molar-refractivity contribution in [1.29, 1.82) is 0 Å². The van der Waals surface area contributed by atoms with E-state index in [0.29, 0.717) is 5.56 Å². The minimum absolute atomic E-state index is 0.0632. The van der Waals surface area contributed by atoms with Gasteiger partial charge in [0, 0.05) is 6.04 Å². The van der Waals surface area contributed by atoms with Gasteiger partial charge in [-0.15, -0.1) is 0 Å². The molecule has 0 aliphatic rings. The van der Waals surface area contributed by atoms with E-state index in [-0.39, 0.29) is 12.0 Å². The number of carbonyl (C=O) groups excluding carboxylic acids is 1. The minimum atomic E-state index is -0.309. The Hall–Kier alpha value is -1.35. The Balaban J connectivity index is 2.57. The first-order chi connectivity index (χ1) is 8.19. The number of unbranched alkanes of at least 4 members (excludes halogenated alkanes) is 2. The maximum absolute atomic E-state index is 11.3. The molecule has 0 aliphatic carbocycles. The molecule has 1 aromatic rings. The maximum atomic E-state index is 11.3. The van der Waals surface area contributed by atoms with E-state index in [0.717, 1.165) is 18.4 Å². The Labute approximate surface area is 103 Å². The van der Waals surface area contributed by atoms with Gasteiger partial charge >= 0.3 is 5.97 Å². The van der Waals surface area contributed by atoms with E-state index in [4.69, 9.17) is 5.73 Å². The van der Waals surface area contributed by atoms with Crippen molar-refractivity contribution in [2.24, 2.45) is 5.73 Å². The van der Waals surface area contributed by atoms with Crippen LogP contribution in [0.3, 0.4) is 0 Å². The Morgan fingerprint density at radius 3 is 2.47 bits per heavy atom. The predicted octanol–water partition coefficient (Wildman–Crippen LogP) is 3.05. The molecule has 1 aromatic carbocycles. The lowest BCUT2D eigenvalue weighted by molar-refractivity contribution is 0.0600. The van der Waals surface area contributed by atoms with Gasteiger partial charge in [-0.05, 0) is 24.1 Å². The topological polar surface area (TPSA) is 52.3 Å². The fourth-order valence-corrected chi connectivity index (χ4v) is 1.77. The zero-order valence-corrected chi connectivity index (χ0v) is 10.6. The molecule has 0 amide bonds. The number of nitrogens with two attached hydrogens (primary N) is 1. The molecule has 0 bridgehead atoms. The molecule has 0 aromatic heterocycles. The first-order valence-electron chi connectivity index (χ1n) is 6.13. The highest BCUT2D eigenvalue weighted by Crippen LogP contribution is 2.18. The molecule has 3 heteroatoms. The Morgan fingerprint density at radius 2 is 1.94 bits per heavy atom. The molecule has 94 valence electrons. The molecular formula is C14H21NO2. The first kappa shape index (κ1) is 13.7.